The summed E-state index contributed by atoms with van der Waals surface area (Å²) in [5.41, 5.74) is 4.24. The summed E-state index contributed by atoms with van der Waals surface area (Å²) in [6.07, 6.45) is 1.73. The van der Waals surface area contributed by atoms with E-state index in [1.807, 2.05) is 49.4 Å². The molecule has 0 aliphatic carbocycles. The number of hydrogen-bond donors (Lipinski definition) is 1. The number of aromatic nitrogens is 5. The number of fused-ring (bicyclic) bond motifs is 1. The van der Waals surface area contributed by atoms with Crippen molar-refractivity contribution in [3.63, 3.8) is 0 Å². The van der Waals surface area contributed by atoms with Gasteiger partial charge in [-0.05, 0) is 50.2 Å². The molecule has 1 N–H and O–H groups in total. The zero-order valence-electron chi connectivity index (χ0n) is 19.0. The second-order valence-electron chi connectivity index (χ2n) is 8.06. The molecule has 0 bridgehead atoms. The minimum atomic E-state index is -0.253. The number of halogens is 1. The van der Waals surface area contributed by atoms with Gasteiger partial charge < -0.3 is 5.32 Å². The van der Waals surface area contributed by atoms with Crippen molar-refractivity contribution in [2.24, 2.45) is 0 Å². The van der Waals surface area contributed by atoms with E-state index >= 15 is 0 Å². The first kappa shape index (κ1) is 22.9. The van der Waals surface area contributed by atoms with Crippen molar-refractivity contribution in [3.05, 3.63) is 98.3 Å². The fraction of sp³-hybridized carbons (Fsp3) is 0.160. The highest BCUT2D eigenvalue weighted by Gasteiger charge is 2.20. The first-order chi connectivity index (χ1) is 16.9. The molecule has 0 aliphatic rings. The number of pyridine rings is 1. The molecule has 4 aromatic heterocycles. The molecule has 0 atom stereocenters. The second-order valence-corrected chi connectivity index (χ2v) is 9.33. The molecule has 1 aromatic carbocycles. The molecule has 10 heteroatoms. The molecule has 176 valence electrons. The molecule has 0 saturated carbocycles. The second kappa shape index (κ2) is 9.44. The lowest BCUT2D eigenvalue weighted by molar-refractivity contribution is -0.120. The van der Waals surface area contributed by atoms with Crippen molar-refractivity contribution in [2.75, 3.05) is 0 Å². The molecule has 0 aliphatic heterocycles. The predicted molar refractivity (Wildman–Crippen MR) is 136 cm³/mol. The van der Waals surface area contributed by atoms with Gasteiger partial charge in [-0.2, -0.15) is 5.10 Å². The Labute approximate surface area is 209 Å². The first-order valence-corrected chi connectivity index (χ1v) is 12.2. The third kappa shape index (κ3) is 4.60. The Kier molecular flexibility index (Phi) is 6.19. The number of thiazole rings is 1. The van der Waals surface area contributed by atoms with E-state index in [0.29, 0.717) is 39.2 Å². The maximum absolute atomic E-state index is 13.6. The summed E-state index contributed by atoms with van der Waals surface area (Å²) in [6.45, 7) is 4.03. The van der Waals surface area contributed by atoms with Crippen LogP contribution in [0.1, 0.15) is 22.8 Å². The van der Waals surface area contributed by atoms with Crippen LogP contribution in [0.4, 0.5) is 0 Å². The molecule has 0 fully saturated rings. The van der Waals surface area contributed by atoms with Crippen LogP contribution < -0.4 is 10.9 Å². The number of carbonyl (C=O) groups excluding carboxylic acids is 1. The van der Waals surface area contributed by atoms with Gasteiger partial charge in [0, 0.05) is 28.0 Å². The Morgan fingerprint density at radius 1 is 1.14 bits per heavy atom. The molecule has 1 amide bonds. The summed E-state index contributed by atoms with van der Waals surface area (Å²) in [4.78, 5) is 35.6. The van der Waals surface area contributed by atoms with Crippen LogP contribution >= 0.6 is 22.9 Å². The standard InChI is InChI=1S/C25H21ClN6O2S/c1-15-10-21(30-32(15)19-8-5-6-17(26)11-19)23-16(2)29-25-31(24(23)34)20(14-35-25)12-22(33)28-13-18-7-3-4-9-27-18/h3-11,14H,12-13H2,1-2H3,(H,28,33). The van der Waals surface area contributed by atoms with Crippen LogP contribution in [-0.2, 0) is 17.8 Å². The fourth-order valence-electron chi connectivity index (χ4n) is 3.91. The average Bonchev–Trinajstić information content (AvgIpc) is 3.41. The van der Waals surface area contributed by atoms with Gasteiger partial charge in [0.15, 0.2) is 4.96 Å². The van der Waals surface area contributed by atoms with Crippen LogP contribution in [-0.4, -0.2) is 30.1 Å². The summed E-state index contributed by atoms with van der Waals surface area (Å²) in [5, 5.41) is 9.93. The number of nitrogens with zero attached hydrogens (tertiary/aromatic N) is 5. The smallest absolute Gasteiger partial charge is 0.268 e. The Balaban J connectivity index is 1.48. The van der Waals surface area contributed by atoms with Crippen molar-refractivity contribution in [3.8, 4) is 16.9 Å². The largest absolute Gasteiger partial charge is 0.350 e. The van der Waals surface area contributed by atoms with E-state index < -0.39 is 0 Å². The minimum Gasteiger partial charge on any atom is -0.350 e. The SMILES string of the molecule is Cc1nc2scc(CC(=O)NCc3ccccn3)n2c(=O)c1-c1cc(C)n(-c2cccc(Cl)c2)n1. The van der Waals surface area contributed by atoms with Crippen molar-refractivity contribution in [2.45, 2.75) is 26.8 Å². The van der Waals surface area contributed by atoms with Gasteiger partial charge in [0.25, 0.3) is 5.56 Å². The van der Waals surface area contributed by atoms with Gasteiger partial charge in [0.05, 0.1) is 35.6 Å². The zero-order valence-corrected chi connectivity index (χ0v) is 20.6. The highest BCUT2D eigenvalue weighted by Crippen LogP contribution is 2.24. The minimum absolute atomic E-state index is 0.0485. The molecule has 5 rings (SSSR count). The van der Waals surface area contributed by atoms with Gasteiger partial charge in [-0.1, -0.05) is 23.7 Å². The molecule has 0 radical (unpaired) electrons. The molecule has 35 heavy (non-hydrogen) atoms. The fourth-order valence-corrected chi connectivity index (χ4v) is 5.02. The highest BCUT2D eigenvalue weighted by atomic mass is 35.5. The summed E-state index contributed by atoms with van der Waals surface area (Å²) in [6, 6.07) is 14.7. The maximum Gasteiger partial charge on any atom is 0.268 e. The van der Waals surface area contributed by atoms with Crippen molar-refractivity contribution < 1.29 is 4.79 Å². The zero-order chi connectivity index (χ0) is 24.5. The number of rotatable bonds is 6. The predicted octanol–water partition coefficient (Wildman–Crippen LogP) is 4.13. The molecule has 4 heterocycles. The van der Waals surface area contributed by atoms with E-state index in [-0.39, 0.29) is 17.9 Å². The molecule has 8 nitrogen and oxygen atoms in total. The summed E-state index contributed by atoms with van der Waals surface area (Å²) in [7, 11) is 0. The molecule has 5 aromatic rings. The number of hydrogen-bond acceptors (Lipinski definition) is 6. The van der Waals surface area contributed by atoms with Crippen molar-refractivity contribution >= 4 is 33.8 Å². The Morgan fingerprint density at radius 2 is 2.00 bits per heavy atom. The number of benzene rings is 1. The molecular weight excluding hydrogens is 484 g/mol. The summed E-state index contributed by atoms with van der Waals surface area (Å²) < 4.78 is 3.25. The highest BCUT2D eigenvalue weighted by molar-refractivity contribution is 7.15. The van der Waals surface area contributed by atoms with E-state index in [1.165, 1.54) is 15.7 Å². The van der Waals surface area contributed by atoms with Gasteiger partial charge in [-0.3, -0.25) is 19.0 Å². The van der Waals surface area contributed by atoms with E-state index in [2.05, 4.69) is 20.4 Å². The monoisotopic (exact) mass is 504 g/mol. The lowest BCUT2D eigenvalue weighted by Crippen LogP contribution is -2.27. The van der Waals surface area contributed by atoms with E-state index in [1.54, 1.807) is 29.2 Å². The third-order valence-electron chi connectivity index (χ3n) is 5.55. The van der Waals surface area contributed by atoms with Gasteiger partial charge in [0.2, 0.25) is 5.91 Å². The molecule has 0 saturated heterocycles. The summed E-state index contributed by atoms with van der Waals surface area (Å²) >= 11 is 7.48. The van der Waals surface area contributed by atoms with E-state index in [0.717, 1.165) is 17.1 Å². The van der Waals surface area contributed by atoms with Gasteiger partial charge in [-0.15, -0.1) is 11.3 Å². The number of aryl methyl sites for hydroxylation is 2. The Hall–Kier alpha value is -3.82. The van der Waals surface area contributed by atoms with Crippen LogP contribution in [0.5, 0.6) is 0 Å². The van der Waals surface area contributed by atoms with Crippen molar-refractivity contribution in [1.29, 1.82) is 0 Å². The van der Waals surface area contributed by atoms with E-state index in [9.17, 15) is 9.59 Å². The molecule has 0 unspecified atom stereocenters. The van der Waals surface area contributed by atoms with Gasteiger partial charge in [-0.25, -0.2) is 9.67 Å². The number of nitrogens with one attached hydrogen (secondary N) is 1. The Morgan fingerprint density at radius 3 is 2.77 bits per heavy atom. The first-order valence-electron chi connectivity index (χ1n) is 10.9. The van der Waals surface area contributed by atoms with Crippen LogP contribution in [0.2, 0.25) is 5.02 Å². The molecule has 0 spiro atoms. The summed E-state index contributed by atoms with van der Waals surface area (Å²) in [5.74, 6) is -0.203. The lowest BCUT2D eigenvalue weighted by Gasteiger charge is -2.07. The van der Waals surface area contributed by atoms with Crippen LogP contribution in [0.15, 0.2) is 64.9 Å². The quantitative estimate of drug-likeness (QED) is 0.375. The van der Waals surface area contributed by atoms with Crippen molar-refractivity contribution in [1.82, 2.24) is 29.5 Å². The number of carbonyl (C=O) groups is 1. The van der Waals surface area contributed by atoms with Crippen LogP contribution in [0.3, 0.4) is 0 Å². The molecular formula is C25H21ClN6O2S. The topological polar surface area (TPSA) is 94.2 Å². The normalized spacial score (nSPS) is 11.2. The third-order valence-corrected chi connectivity index (χ3v) is 6.66. The van der Waals surface area contributed by atoms with E-state index in [4.69, 9.17) is 11.6 Å². The van der Waals surface area contributed by atoms with Crippen LogP contribution in [0.25, 0.3) is 21.9 Å². The average molecular weight is 505 g/mol. The van der Waals surface area contributed by atoms with Crippen LogP contribution in [0, 0.1) is 13.8 Å². The van der Waals surface area contributed by atoms with Gasteiger partial charge in [0.1, 0.15) is 5.69 Å². The lowest BCUT2D eigenvalue weighted by atomic mass is 10.1. The Bertz CT molecular complexity index is 1610. The van der Waals surface area contributed by atoms with Gasteiger partial charge >= 0.3 is 0 Å². The maximum atomic E-state index is 13.6. The number of amides is 1.